The average Bonchev–Trinajstić information content (AvgIpc) is 2.38. The van der Waals surface area contributed by atoms with E-state index < -0.39 is 6.29 Å². The Kier molecular flexibility index (Phi) is 5.51. The summed E-state index contributed by atoms with van der Waals surface area (Å²) in [6.45, 7) is 0. The third-order valence-electron chi connectivity index (χ3n) is 1.96. The van der Waals surface area contributed by atoms with Crippen LogP contribution >= 0.6 is 11.8 Å². The van der Waals surface area contributed by atoms with Gasteiger partial charge in [-0.1, -0.05) is 17.7 Å². The Morgan fingerprint density at radius 1 is 1.47 bits per heavy atom. The topological polar surface area (TPSA) is 55.1 Å². The van der Waals surface area contributed by atoms with Gasteiger partial charge in [0.15, 0.2) is 0 Å². The number of hydrogen-bond acceptors (Lipinski definition) is 5. The molecule has 0 aliphatic rings. The molecule has 1 aromatic rings. The highest BCUT2D eigenvalue weighted by Gasteiger charge is 2.13. The highest BCUT2D eigenvalue weighted by atomic mass is 32.2. The van der Waals surface area contributed by atoms with Crippen molar-refractivity contribution >= 4 is 11.8 Å². The minimum atomic E-state index is -0.534. The molecule has 1 rings (SSSR count). The molecule has 88 valence electrons. The van der Waals surface area contributed by atoms with E-state index in [9.17, 15) is 0 Å². The number of aromatic nitrogens is 1. The third kappa shape index (κ3) is 3.47. The molecular weight excluding hydrogens is 236 g/mol. The zero-order chi connectivity index (χ0) is 12.7. The van der Waals surface area contributed by atoms with Crippen molar-refractivity contribution in [2.45, 2.75) is 11.3 Å². The summed E-state index contributed by atoms with van der Waals surface area (Å²) in [7, 11) is 3.06. The standard InChI is InChI=1S/C12H12N2O2S/c1-4-7-17-11-9(8-13)5-6-10(14-11)12(15-2)16-3/h1,5-6,12H,7H2,2-3H3. The fourth-order valence-electron chi connectivity index (χ4n) is 1.23. The van der Waals surface area contributed by atoms with E-state index in [-0.39, 0.29) is 0 Å². The molecule has 0 saturated heterocycles. The Labute approximate surface area is 105 Å². The second-order valence-electron chi connectivity index (χ2n) is 3.00. The van der Waals surface area contributed by atoms with Gasteiger partial charge in [-0.15, -0.1) is 6.42 Å². The molecule has 17 heavy (non-hydrogen) atoms. The first kappa shape index (κ1) is 13.5. The van der Waals surface area contributed by atoms with Crippen LogP contribution < -0.4 is 0 Å². The van der Waals surface area contributed by atoms with Gasteiger partial charge in [0.2, 0.25) is 6.29 Å². The summed E-state index contributed by atoms with van der Waals surface area (Å²) < 4.78 is 10.2. The van der Waals surface area contributed by atoms with Crippen molar-refractivity contribution in [2.24, 2.45) is 0 Å². The smallest absolute Gasteiger partial charge is 0.200 e. The molecule has 0 bridgehead atoms. The van der Waals surface area contributed by atoms with Crippen LogP contribution in [-0.4, -0.2) is 25.0 Å². The lowest BCUT2D eigenvalue weighted by atomic mass is 10.2. The number of nitrogens with zero attached hydrogens (tertiary/aromatic N) is 2. The van der Waals surface area contributed by atoms with Gasteiger partial charge in [0.05, 0.1) is 17.0 Å². The maximum Gasteiger partial charge on any atom is 0.200 e. The minimum absolute atomic E-state index is 0.468. The summed E-state index contributed by atoms with van der Waals surface area (Å²) >= 11 is 1.34. The number of methoxy groups -OCH3 is 2. The fourth-order valence-corrected chi connectivity index (χ4v) is 1.89. The summed E-state index contributed by atoms with van der Waals surface area (Å²) in [5, 5.41) is 9.54. The number of rotatable bonds is 5. The van der Waals surface area contributed by atoms with Crippen LogP contribution in [0.5, 0.6) is 0 Å². The van der Waals surface area contributed by atoms with Crippen molar-refractivity contribution in [3.8, 4) is 18.4 Å². The molecule has 5 heteroatoms. The number of terminal acetylenes is 1. The van der Waals surface area contributed by atoms with E-state index in [1.807, 2.05) is 0 Å². The molecule has 0 aromatic carbocycles. The Balaban J connectivity index is 3.05. The average molecular weight is 248 g/mol. The molecule has 0 fully saturated rings. The van der Waals surface area contributed by atoms with Crippen molar-refractivity contribution < 1.29 is 9.47 Å². The number of nitriles is 1. The van der Waals surface area contributed by atoms with Crippen molar-refractivity contribution in [3.05, 3.63) is 23.4 Å². The summed E-state index contributed by atoms with van der Waals surface area (Å²) in [6, 6.07) is 5.46. The first-order valence-electron chi connectivity index (χ1n) is 4.79. The van der Waals surface area contributed by atoms with Crippen LogP contribution in [0.1, 0.15) is 17.5 Å². The number of ether oxygens (including phenoxy) is 2. The molecule has 4 nitrogen and oxygen atoms in total. The van der Waals surface area contributed by atoms with E-state index in [4.69, 9.17) is 21.2 Å². The maximum atomic E-state index is 8.94. The minimum Gasteiger partial charge on any atom is -0.350 e. The van der Waals surface area contributed by atoms with Crippen LogP contribution in [0, 0.1) is 23.7 Å². The van der Waals surface area contributed by atoms with Crippen LogP contribution in [0.3, 0.4) is 0 Å². The van der Waals surface area contributed by atoms with Crippen LogP contribution in [-0.2, 0) is 9.47 Å². The molecule has 0 radical (unpaired) electrons. The molecule has 0 amide bonds. The molecule has 1 aromatic heterocycles. The maximum absolute atomic E-state index is 8.94. The molecule has 0 aliphatic carbocycles. The molecule has 0 spiro atoms. The largest absolute Gasteiger partial charge is 0.350 e. The summed E-state index contributed by atoms with van der Waals surface area (Å²) in [5.74, 6) is 2.96. The molecule has 0 atom stereocenters. The van der Waals surface area contributed by atoms with Crippen molar-refractivity contribution in [3.63, 3.8) is 0 Å². The second kappa shape index (κ2) is 6.93. The molecule has 0 saturated carbocycles. The molecule has 1 heterocycles. The van der Waals surface area contributed by atoms with Crippen LogP contribution in [0.2, 0.25) is 0 Å². The number of pyridine rings is 1. The first-order valence-corrected chi connectivity index (χ1v) is 5.78. The zero-order valence-corrected chi connectivity index (χ0v) is 10.5. The van der Waals surface area contributed by atoms with Crippen molar-refractivity contribution in [2.75, 3.05) is 20.0 Å². The van der Waals surface area contributed by atoms with Crippen LogP contribution in [0.25, 0.3) is 0 Å². The third-order valence-corrected chi connectivity index (χ3v) is 2.86. The van der Waals surface area contributed by atoms with Gasteiger partial charge in [-0.25, -0.2) is 4.98 Å². The number of thioether (sulfide) groups is 1. The van der Waals surface area contributed by atoms with Gasteiger partial charge in [0.25, 0.3) is 0 Å². The summed E-state index contributed by atoms with van der Waals surface area (Å²) in [6.07, 6.45) is 4.65. The normalized spacial score (nSPS) is 9.94. The summed E-state index contributed by atoms with van der Waals surface area (Å²) in [5.41, 5.74) is 1.12. The van der Waals surface area contributed by atoms with Crippen LogP contribution in [0.4, 0.5) is 0 Å². The second-order valence-corrected chi connectivity index (χ2v) is 3.96. The van der Waals surface area contributed by atoms with E-state index in [2.05, 4.69) is 17.0 Å². The predicted octanol–water partition coefficient (Wildman–Crippen LogP) is 1.97. The zero-order valence-electron chi connectivity index (χ0n) is 9.64. The van der Waals surface area contributed by atoms with Gasteiger partial charge >= 0.3 is 0 Å². The van der Waals surface area contributed by atoms with E-state index in [0.717, 1.165) is 0 Å². The van der Waals surface area contributed by atoms with Gasteiger partial charge in [0.1, 0.15) is 11.1 Å². The molecule has 0 unspecified atom stereocenters. The Bertz CT molecular complexity index is 459. The molecular formula is C12H12N2O2S. The van der Waals surface area contributed by atoms with E-state index >= 15 is 0 Å². The lowest BCUT2D eigenvalue weighted by Gasteiger charge is -2.13. The molecule has 0 aliphatic heterocycles. The number of hydrogen-bond donors (Lipinski definition) is 0. The van der Waals surface area contributed by atoms with Crippen molar-refractivity contribution in [1.82, 2.24) is 4.98 Å². The summed E-state index contributed by atoms with van der Waals surface area (Å²) in [4.78, 5) is 4.32. The highest BCUT2D eigenvalue weighted by molar-refractivity contribution is 7.99. The van der Waals surface area contributed by atoms with E-state index in [1.165, 1.54) is 26.0 Å². The highest BCUT2D eigenvalue weighted by Crippen LogP contribution is 2.23. The lowest BCUT2D eigenvalue weighted by Crippen LogP contribution is -2.07. The van der Waals surface area contributed by atoms with Gasteiger partial charge in [-0.2, -0.15) is 5.26 Å². The van der Waals surface area contributed by atoms with Gasteiger partial charge in [0, 0.05) is 14.2 Å². The molecule has 0 N–H and O–H groups in total. The first-order chi connectivity index (χ1) is 8.26. The SMILES string of the molecule is C#CCSc1nc(C(OC)OC)ccc1C#N. The van der Waals surface area contributed by atoms with E-state index in [0.29, 0.717) is 22.0 Å². The monoisotopic (exact) mass is 248 g/mol. The van der Waals surface area contributed by atoms with Crippen molar-refractivity contribution in [1.29, 1.82) is 5.26 Å². The Hall–Kier alpha value is -1.53. The van der Waals surface area contributed by atoms with Gasteiger partial charge in [-0.05, 0) is 12.1 Å². The van der Waals surface area contributed by atoms with Gasteiger partial charge < -0.3 is 9.47 Å². The Morgan fingerprint density at radius 2 is 2.18 bits per heavy atom. The fraction of sp³-hybridized carbons (Fsp3) is 0.333. The van der Waals surface area contributed by atoms with Gasteiger partial charge in [-0.3, -0.25) is 0 Å². The van der Waals surface area contributed by atoms with E-state index in [1.54, 1.807) is 12.1 Å². The van der Waals surface area contributed by atoms with Crippen LogP contribution in [0.15, 0.2) is 17.2 Å². The lowest BCUT2D eigenvalue weighted by molar-refractivity contribution is -0.108. The quantitative estimate of drug-likeness (QED) is 0.453. The Morgan fingerprint density at radius 3 is 2.71 bits per heavy atom. The predicted molar refractivity (Wildman–Crippen MR) is 65.3 cm³/mol.